The molecule has 30 heavy (non-hydrogen) atoms. The van der Waals surface area contributed by atoms with E-state index in [2.05, 4.69) is 5.32 Å². The van der Waals surface area contributed by atoms with Crippen LogP contribution in [-0.2, 0) is 28.9 Å². The molecule has 3 aliphatic rings. The Morgan fingerprint density at radius 2 is 1.73 bits per heavy atom. The third-order valence-electron chi connectivity index (χ3n) is 7.19. The fourth-order valence-electron chi connectivity index (χ4n) is 5.20. The van der Waals surface area contributed by atoms with E-state index in [1.54, 1.807) is 0 Å². The second-order valence-electron chi connectivity index (χ2n) is 9.39. The van der Waals surface area contributed by atoms with Gasteiger partial charge in [0, 0.05) is 12.2 Å². The number of fused-ring (bicyclic) bond motifs is 1. The minimum atomic E-state index is -0.948. The number of rotatable bonds is 5. The van der Waals surface area contributed by atoms with Gasteiger partial charge in [0.05, 0.1) is 7.11 Å². The van der Waals surface area contributed by atoms with Crippen molar-refractivity contribution in [2.45, 2.75) is 95.6 Å². The molecule has 1 aromatic heterocycles. The van der Waals surface area contributed by atoms with E-state index in [0.29, 0.717) is 25.3 Å². The zero-order chi connectivity index (χ0) is 21.1. The van der Waals surface area contributed by atoms with Crippen LogP contribution in [0.25, 0.3) is 0 Å². The molecule has 0 aromatic carbocycles. The normalized spacial score (nSPS) is 21.1. The molecule has 0 saturated heterocycles. The van der Waals surface area contributed by atoms with E-state index < -0.39 is 17.4 Å². The van der Waals surface area contributed by atoms with Crippen LogP contribution in [0.4, 0.5) is 0 Å². The maximum Gasteiger partial charge on any atom is 0.331 e. The van der Waals surface area contributed by atoms with Gasteiger partial charge in [-0.15, -0.1) is 0 Å². The summed E-state index contributed by atoms with van der Waals surface area (Å²) in [6, 6.07) is 1.81. The summed E-state index contributed by atoms with van der Waals surface area (Å²) < 4.78 is 6.77. The Labute approximate surface area is 178 Å². The lowest BCUT2D eigenvalue weighted by Crippen LogP contribution is -2.46. The van der Waals surface area contributed by atoms with Gasteiger partial charge >= 0.3 is 5.97 Å². The Hall–Kier alpha value is -2.11. The second-order valence-corrected chi connectivity index (χ2v) is 9.39. The van der Waals surface area contributed by atoms with E-state index in [4.69, 9.17) is 4.74 Å². The number of carbonyl (C=O) groups excluding carboxylic acids is 2. The molecule has 6 nitrogen and oxygen atoms in total. The highest BCUT2D eigenvalue weighted by atomic mass is 16.5. The van der Waals surface area contributed by atoms with Crippen LogP contribution in [0, 0.1) is 5.92 Å². The predicted octanol–water partition coefficient (Wildman–Crippen LogP) is 3.52. The van der Waals surface area contributed by atoms with Crippen LogP contribution in [0.15, 0.2) is 10.9 Å². The van der Waals surface area contributed by atoms with Gasteiger partial charge in [-0.3, -0.25) is 9.59 Å². The molecule has 0 atom stereocenters. The van der Waals surface area contributed by atoms with Gasteiger partial charge in [-0.1, -0.05) is 32.1 Å². The molecule has 3 aliphatic carbocycles. The number of aromatic nitrogens is 1. The largest absolute Gasteiger partial charge is 0.467 e. The van der Waals surface area contributed by atoms with Gasteiger partial charge in [0.15, 0.2) is 0 Å². The van der Waals surface area contributed by atoms with E-state index in [9.17, 15) is 14.4 Å². The van der Waals surface area contributed by atoms with Crippen molar-refractivity contribution in [1.29, 1.82) is 0 Å². The number of amides is 1. The van der Waals surface area contributed by atoms with Gasteiger partial charge in [-0.2, -0.15) is 0 Å². The average Bonchev–Trinajstić information content (AvgIpc) is 3.51. The summed E-state index contributed by atoms with van der Waals surface area (Å²) >= 11 is 0. The van der Waals surface area contributed by atoms with Crippen LogP contribution in [0.5, 0.6) is 0 Å². The number of nitrogens with zero attached hydrogens (tertiary/aromatic N) is 1. The van der Waals surface area contributed by atoms with Gasteiger partial charge < -0.3 is 14.6 Å². The quantitative estimate of drug-likeness (QED) is 0.748. The van der Waals surface area contributed by atoms with Crippen molar-refractivity contribution in [2.75, 3.05) is 7.11 Å². The molecule has 4 rings (SSSR count). The van der Waals surface area contributed by atoms with Crippen molar-refractivity contribution in [3.05, 3.63) is 33.2 Å². The van der Waals surface area contributed by atoms with Gasteiger partial charge in [0.25, 0.3) is 11.5 Å². The number of ether oxygens (including phenoxy) is 1. The van der Waals surface area contributed by atoms with Gasteiger partial charge in [-0.05, 0) is 68.9 Å². The molecule has 2 saturated carbocycles. The highest BCUT2D eigenvalue weighted by Gasteiger charge is 2.52. The Balaban J connectivity index is 1.68. The number of carbonyl (C=O) groups is 2. The summed E-state index contributed by atoms with van der Waals surface area (Å²) in [5, 5.41) is 2.81. The van der Waals surface area contributed by atoms with Crippen LogP contribution in [0.1, 0.15) is 92.2 Å². The molecular formula is C24H34N2O4. The van der Waals surface area contributed by atoms with Crippen molar-refractivity contribution >= 4 is 11.9 Å². The summed E-state index contributed by atoms with van der Waals surface area (Å²) in [5.74, 6) is -0.357. The Kier molecular flexibility index (Phi) is 6.30. The second kappa shape index (κ2) is 8.94. The number of hydrogen-bond acceptors (Lipinski definition) is 4. The molecule has 2 fully saturated rings. The molecule has 1 amide bonds. The van der Waals surface area contributed by atoms with Gasteiger partial charge in [0.2, 0.25) is 0 Å². The number of methoxy groups -OCH3 is 1. The Morgan fingerprint density at radius 1 is 1.07 bits per heavy atom. The molecule has 0 radical (unpaired) electrons. The lowest BCUT2D eigenvalue weighted by Gasteiger charge is -2.27. The van der Waals surface area contributed by atoms with Crippen molar-refractivity contribution in [3.63, 3.8) is 0 Å². The topological polar surface area (TPSA) is 77.4 Å². The third-order valence-corrected chi connectivity index (χ3v) is 7.19. The van der Waals surface area contributed by atoms with Crippen LogP contribution in [-0.4, -0.2) is 29.1 Å². The maximum atomic E-state index is 13.5. The fraction of sp³-hybridized carbons (Fsp3) is 0.708. The van der Waals surface area contributed by atoms with Crippen molar-refractivity contribution in [2.24, 2.45) is 5.92 Å². The first-order valence-electron chi connectivity index (χ1n) is 11.7. The van der Waals surface area contributed by atoms with Crippen molar-refractivity contribution in [3.8, 4) is 0 Å². The highest BCUT2D eigenvalue weighted by molar-refractivity contribution is 5.99. The standard InChI is InChI=1S/C24H34N2O4/c1-30-23(29)24(13-14-24)25-21(27)19-15-18-11-7-2-3-8-12-20(18)26(22(19)28)16-17-9-5-4-6-10-17/h15,17H,2-14,16H2,1H3,(H,25,27). The SMILES string of the molecule is COC(=O)C1(NC(=O)c2cc3c(n(CC4CCCCC4)c2=O)CCCCCC3)CC1. The molecule has 0 spiro atoms. The minimum absolute atomic E-state index is 0.181. The number of esters is 1. The van der Waals surface area contributed by atoms with E-state index >= 15 is 0 Å². The lowest BCUT2D eigenvalue weighted by atomic mass is 9.88. The van der Waals surface area contributed by atoms with Crippen LogP contribution < -0.4 is 10.9 Å². The van der Waals surface area contributed by atoms with E-state index in [1.165, 1.54) is 39.2 Å². The molecular weight excluding hydrogens is 380 g/mol. The summed E-state index contributed by atoms with van der Waals surface area (Å²) in [6.07, 6.45) is 13.5. The molecule has 1 aromatic rings. The van der Waals surface area contributed by atoms with Gasteiger partial charge in [0.1, 0.15) is 11.1 Å². The molecule has 1 N–H and O–H groups in total. The minimum Gasteiger partial charge on any atom is -0.467 e. The summed E-state index contributed by atoms with van der Waals surface area (Å²) in [5.41, 5.74) is 1.31. The number of pyridine rings is 1. The summed E-state index contributed by atoms with van der Waals surface area (Å²) in [6.45, 7) is 0.713. The first-order chi connectivity index (χ1) is 14.5. The number of aryl methyl sites for hydroxylation is 1. The highest BCUT2D eigenvalue weighted by Crippen LogP contribution is 2.36. The Morgan fingerprint density at radius 3 is 2.40 bits per heavy atom. The van der Waals surface area contributed by atoms with Crippen molar-refractivity contribution in [1.82, 2.24) is 9.88 Å². The molecule has 164 valence electrons. The van der Waals surface area contributed by atoms with Crippen LogP contribution in [0.2, 0.25) is 0 Å². The lowest BCUT2D eigenvalue weighted by molar-refractivity contribution is -0.144. The smallest absolute Gasteiger partial charge is 0.331 e. The molecule has 6 heteroatoms. The maximum absolute atomic E-state index is 13.5. The number of hydrogen-bond donors (Lipinski definition) is 1. The van der Waals surface area contributed by atoms with Crippen molar-refractivity contribution < 1.29 is 14.3 Å². The first kappa shape index (κ1) is 21.1. The van der Waals surface area contributed by atoms with E-state index in [0.717, 1.165) is 49.8 Å². The van der Waals surface area contributed by atoms with Crippen LogP contribution in [0.3, 0.4) is 0 Å². The zero-order valence-corrected chi connectivity index (χ0v) is 18.1. The molecule has 0 bridgehead atoms. The predicted molar refractivity (Wildman–Crippen MR) is 115 cm³/mol. The zero-order valence-electron chi connectivity index (χ0n) is 18.1. The van der Waals surface area contributed by atoms with Crippen LogP contribution >= 0.6 is 0 Å². The van der Waals surface area contributed by atoms with E-state index in [1.807, 2.05) is 10.6 Å². The first-order valence-corrected chi connectivity index (χ1v) is 11.7. The average molecular weight is 415 g/mol. The Bertz CT molecular complexity index is 863. The third kappa shape index (κ3) is 4.33. The van der Waals surface area contributed by atoms with E-state index in [-0.39, 0.29) is 11.1 Å². The fourth-order valence-corrected chi connectivity index (χ4v) is 5.20. The molecule has 0 aliphatic heterocycles. The van der Waals surface area contributed by atoms with Gasteiger partial charge in [-0.25, -0.2) is 4.79 Å². The molecule has 1 heterocycles. The molecule has 0 unspecified atom stereocenters. The summed E-state index contributed by atoms with van der Waals surface area (Å²) in [4.78, 5) is 38.7. The summed E-state index contributed by atoms with van der Waals surface area (Å²) in [7, 11) is 1.33. The monoisotopic (exact) mass is 414 g/mol. The number of nitrogens with one attached hydrogen (secondary N) is 1.